The molecule has 1 aliphatic heterocycles. The summed E-state index contributed by atoms with van der Waals surface area (Å²) in [6.45, 7) is 0.740. The number of hydrogen-bond acceptors (Lipinski definition) is 7. The van der Waals surface area contributed by atoms with Crippen molar-refractivity contribution < 1.29 is 12.8 Å². The fourth-order valence-corrected chi connectivity index (χ4v) is 4.32. The first kappa shape index (κ1) is 15.9. The second-order valence-electron chi connectivity index (χ2n) is 5.70. The highest BCUT2D eigenvalue weighted by molar-refractivity contribution is 7.89. The smallest absolute Gasteiger partial charge is 0.267 e. The Bertz CT molecular complexity index is 960. The first-order valence-electron chi connectivity index (χ1n) is 7.79. The molecular formula is C16H15N5O3S. The van der Waals surface area contributed by atoms with Crippen LogP contribution < -0.4 is 0 Å². The van der Waals surface area contributed by atoms with E-state index in [9.17, 15) is 8.42 Å². The molecule has 4 rings (SSSR count). The Hall–Kier alpha value is -2.65. The van der Waals surface area contributed by atoms with E-state index in [0.717, 1.165) is 0 Å². The molecule has 1 saturated heterocycles. The molecule has 1 fully saturated rings. The van der Waals surface area contributed by atoms with Crippen LogP contribution in [0.15, 0.2) is 58.2 Å². The third-order valence-corrected chi connectivity index (χ3v) is 5.98. The van der Waals surface area contributed by atoms with E-state index in [1.807, 2.05) is 0 Å². The lowest BCUT2D eigenvalue weighted by atomic mass is 10.1. The van der Waals surface area contributed by atoms with Crippen LogP contribution >= 0.6 is 0 Å². The highest BCUT2D eigenvalue weighted by Gasteiger charge is 2.35. The third kappa shape index (κ3) is 3.03. The van der Waals surface area contributed by atoms with Gasteiger partial charge in [-0.15, -0.1) is 10.2 Å². The van der Waals surface area contributed by atoms with Gasteiger partial charge in [-0.1, -0.05) is 18.2 Å². The molecule has 1 atom stereocenters. The van der Waals surface area contributed by atoms with Crippen LogP contribution in [0.25, 0.3) is 11.6 Å². The molecule has 0 N–H and O–H groups in total. The SMILES string of the molecule is O=S(=O)(c1ccccc1)N1CC[C@@H](c2nnc(-c3cnccn3)o2)C1. The molecule has 0 saturated carbocycles. The Morgan fingerprint density at radius 2 is 1.96 bits per heavy atom. The molecule has 0 amide bonds. The second kappa shape index (κ2) is 6.34. The second-order valence-corrected chi connectivity index (χ2v) is 7.64. The minimum atomic E-state index is -3.50. The van der Waals surface area contributed by atoms with Gasteiger partial charge in [-0.3, -0.25) is 4.98 Å². The van der Waals surface area contributed by atoms with Crippen molar-refractivity contribution in [2.24, 2.45) is 0 Å². The fourth-order valence-electron chi connectivity index (χ4n) is 2.80. The van der Waals surface area contributed by atoms with E-state index in [2.05, 4.69) is 20.2 Å². The summed E-state index contributed by atoms with van der Waals surface area (Å²) >= 11 is 0. The number of hydrogen-bond donors (Lipinski definition) is 0. The standard InChI is InChI=1S/C16H15N5O3S/c22-25(23,13-4-2-1-3-5-13)21-9-6-12(11-21)15-19-20-16(24-15)14-10-17-7-8-18-14/h1-5,7-8,10,12H,6,9,11H2/t12-/m1/s1. The molecule has 0 radical (unpaired) electrons. The minimum Gasteiger partial charge on any atom is -0.419 e. The average Bonchev–Trinajstić information content (AvgIpc) is 3.33. The molecule has 0 aliphatic carbocycles. The molecule has 25 heavy (non-hydrogen) atoms. The van der Waals surface area contributed by atoms with Gasteiger partial charge in [0, 0.05) is 25.5 Å². The maximum absolute atomic E-state index is 12.7. The summed E-state index contributed by atoms with van der Waals surface area (Å²) in [6.07, 6.45) is 5.28. The van der Waals surface area contributed by atoms with Crippen LogP contribution in [-0.4, -0.2) is 46.0 Å². The molecule has 8 nitrogen and oxygen atoms in total. The van der Waals surface area contributed by atoms with E-state index in [0.29, 0.717) is 36.0 Å². The summed E-state index contributed by atoms with van der Waals surface area (Å²) in [7, 11) is -3.50. The predicted molar refractivity (Wildman–Crippen MR) is 87.9 cm³/mol. The molecular weight excluding hydrogens is 342 g/mol. The predicted octanol–water partition coefficient (Wildman–Crippen LogP) is 1.70. The van der Waals surface area contributed by atoms with E-state index < -0.39 is 10.0 Å². The van der Waals surface area contributed by atoms with Crippen molar-refractivity contribution >= 4 is 10.0 Å². The van der Waals surface area contributed by atoms with Crippen LogP contribution in [0.3, 0.4) is 0 Å². The largest absolute Gasteiger partial charge is 0.419 e. The Balaban J connectivity index is 1.53. The van der Waals surface area contributed by atoms with Gasteiger partial charge in [0.05, 0.1) is 17.0 Å². The van der Waals surface area contributed by atoms with Gasteiger partial charge in [-0.05, 0) is 18.6 Å². The summed E-state index contributed by atoms with van der Waals surface area (Å²) in [5.74, 6) is 0.579. The molecule has 1 aliphatic rings. The van der Waals surface area contributed by atoms with E-state index in [-0.39, 0.29) is 11.8 Å². The first-order valence-corrected chi connectivity index (χ1v) is 9.23. The third-order valence-electron chi connectivity index (χ3n) is 4.10. The van der Waals surface area contributed by atoms with Gasteiger partial charge >= 0.3 is 0 Å². The van der Waals surface area contributed by atoms with Gasteiger partial charge in [0.15, 0.2) is 0 Å². The Kier molecular flexibility index (Phi) is 4.02. The van der Waals surface area contributed by atoms with E-state index >= 15 is 0 Å². The van der Waals surface area contributed by atoms with Gasteiger partial charge in [0.25, 0.3) is 5.89 Å². The van der Waals surface area contributed by atoms with E-state index in [1.165, 1.54) is 10.5 Å². The Morgan fingerprint density at radius 1 is 1.12 bits per heavy atom. The number of benzene rings is 1. The summed E-state index contributed by atoms with van der Waals surface area (Å²) in [5, 5.41) is 8.05. The van der Waals surface area contributed by atoms with Gasteiger partial charge in [0.2, 0.25) is 15.9 Å². The van der Waals surface area contributed by atoms with Gasteiger partial charge in [0.1, 0.15) is 5.69 Å². The normalized spacial score (nSPS) is 18.5. The summed E-state index contributed by atoms with van der Waals surface area (Å²) in [5.41, 5.74) is 0.494. The van der Waals surface area contributed by atoms with Crippen LogP contribution in [0.2, 0.25) is 0 Å². The van der Waals surface area contributed by atoms with Crippen molar-refractivity contribution in [2.45, 2.75) is 17.2 Å². The summed E-state index contributed by atoms with van der Waals surface area (Å²) in [4.78, 5) is 8.38. The molecule has 1 aromatic carbocycles. The molecule has 2 aromatic heterocycles. The molecule has 3 aromatic rings. The molecule has 0 unspecified atom stereocenters. The first-order chi connectivity index (χ1) is 12.1. The zero-order valence-electron chi connectivity index (χ0n) is 13.2. The van der Waals surface area contributed by atoms with Crippen molar-refractivity contribution in [3.63, 3.8) is 0 Å². The van der Waals surface area contributed by atoms with Gasteiger partial charge in [-0.2, -0.15) is 4.31 Å². The minimum absolute atomic E-state index is 0.128. The quantitative estimate of drug-likeness (QED) is 0.700. The molecule has 0 spiro atoms. The summed E-state index contributed by atoms with van der Waals surface area (Å²) in [6, 6.07) is 8.42. The summed E-state index contributed by atoms with van der Waals surface area (Å²) < 4.78 is 32.5. The van der Waals surface area contributed by atoms with Gasteiger partial charge < -0.3 is 4.42 Å². The lowest BCUT2D eigenvalue weighted by molar-refractivity contribution is 0.439. The van der Waals surface area contributed by atoms with E-state index in [1.54, 1.807) is 42.7 Å². The maximum atomic E-state index is 12.7. The van der Waals surface area contributed by atoms with Crippen LogP contribution in [-0.2, 0) is 10.0 Å². The van der Waals surface area contributed by atoms with Crippen molar-refractivity contribution in [2.75, 3.05) is 13.1 Å². The lowest BCUT2D eigenvalue weighted by Crippen LogP contribution is -2.28. The number of rotatable bonds is 4. The molecule has 0 bridgehead atoms. The van der Waals surface area contributed by atoms with Crippen LogP contribution in [0, 0.1) is 0 Å². The average molecular weight is 357 g/mol. The topological polar surface area (TPSA) is 102 Å². The number of sulfonamides is 1. The monoisotopic (exact) mass is 357 g/mol. The number of nitrogens with zero attached hydrogens (tertiary/aromatic N) is 5. The highest BCUT2D eigenvalue weighted by Crippen LogP contribution is 2.31. The van der Waals surface area contributed by atoms with Crippen LogP contribution in [0.4, 0.5) is 0 Å². The van der Waals surface area contributed by atoms with Crippen molar-refractivity contribution in [1.29, 1.82) is 0 Å². The van der Waals surface area contributed by atoms with Crippen molar-refractivity contribution in [1.82, 2.24) is 24.5 Å². The zero-order chi connectivity index (χ0) is 17.3. The Morgan fingerprint density at radius 3 is 2.72 bits per heavy atom. The van der Waals surface area contributed by atoms with Crippen LogP contribution in [0.5, 0.6) is 0 Å². The van der Waals surface area contributed by atoms with Gasteiger partial charge in [-0.25, -0.2) is 13.4 Å². The molecule has 3 heterocycles. The van der Waals surface area contributed by atoms with Crippen molar-refractivity contribution in [3.8, 4) is 11.6 Å². The zero-order valence-corrected chi connectivity index (χ0v) is 14.0. The maximum Gasteiger partial charge on any atom is 0.267 e. The highest BCUT2D eigenvalue weighted by atomic mass is 32.2. The lowest BCUT2D eigenvalue weighted by Gasteiger charge is -2.15. The van der Waals surface area contributed by atoms with E-state index in [4.69, 9.17) is 4.42 Å². The molecule has 128 valence electrons. The van der Waals surface area contributed by atoms with Crippen molar-refractivity contribution in [3.05, 3.63) is 54.8 Å². The number of aromatic nitrogens is 4. The Labute approximate surface area is 144 Å². The molecule has 9 heteroatoms. The fraction of sp³-hybridized carbons (Fsp3) is 0.250. The van der Waals surface area contributed by atoms with Crippen LogP contribution in [0.1, 0.15) is 18.2 Å².